The predicted octanol–water partition coefficient (Wildman–Crippen LogP) is 1.45. The Morgan fingerprint density at radius 3 is 2.73 bits per heavy atom. The van der Waals surface area contributed by atoms with E-state index < -0.39 is 24.0 Å². The molecule has 0 aromatic heterocycles. The Hall–Kier alpha value is -2.28. The lowest BCUT2D eigenvalue weighted by Crippen LogP contribution is -2.41. The Bertz CT molecular complexity index is 619. The number of benzene rings is 1. The lowest BCUT2D eigenvalue weighted by atomic mass is 10.2. The summed E-state index contributed by atoms with van der Waals surface area (Å²) in [6.45, 7) is 2.04. The molecule has 0 unspecified atom stereocenters. The molecule has 0 bridgehead atoms. The van der Waals surface area contributed by atoms with Gasteiger partial charge in [0.1, 0.15) is 11.3 Å². The molecule has 0 spiro atoms. The quantitative estimate of drug-likeness (QED) is 0.846. The molecule has 118 valence electrons. The van der Waals surface area contributed by atoms with Crippen LogP contribution in [-0.4, -0.2) is 49.1 Å². The first-order chi connectivity index (χ1) is 10.4. The molecule has 1 fully saturated rings. The van der Waals surface area contributed by atoms with E-state index in [9.17, 15) is 14.4 Å². The first kappa shape index (κ1) is 16.1. The van der Waals surface area contributed by atoms with E-state index in [2.05, 4.69) is 5.32 Å². The average Bonchev–Trinajstić information content (AvgIpc) is 2.92. The topological polar surface area (TPSA) is 84.9 Å². The van der Waals surface area contributed by atoms with Crippen LogP contribution in [-0.2, 0) is 9.53 Å². The number of amides is 3. The van der Waals surface area contributed by atoms with Gasteiger partial charge < -0.3 is 14.8 Å². The fourth-order valence-electron chi connectivity index (χ4n) is 2.02. The number of urea groups is 1. The molecule has 1 N–H and O–H groups in total. The van der Waals surface area contributed by atoms with Crippen molar-refractivity contribution in [2.45, 2.75) is 13.0 Å². The lowest BCUT2D eigenvalue weighted by Gasteiger charge is -2.18. The van der Waals surface area contributed by atoms with E-state index in [-0.39, 0.29) is 17.9 Å². The summed E-state index contributed by atoms with van der Waals surface area (Å²) in [5.41, 5.74) is 0.112. The maximum Gasteiger partial charge on any atom is 0.342 e. The van der Waals surface area contributed by atoms with Gasteiger partial charge >= 0.3 is 12.0 Å². The third-order valence-electron chi connectivity index (χ3n) is 3.14. The summed E-state index contributed by atoms with van der Waals surface area (Å²) in [6, 6.07) is 4.00. The van der Waals surface area contributed by atoms with Gasteiger partial charge in [-0.05, 0) is 25.1 Å². The van der Waals surface area contributed by atoms with E-state index in [1.165, 1.54) is 26.2 Å². The number of hydrogen-bond donors (Lipinski definition) is 1. The zero-order chi connectivity index (χ0) is 16.3. The molecule has 0 aliphatic carbocycles. The van der Waals surface area contributed by atoms with Crippen LogP contribution in [0.25, 0.3) is 0 Å². The summed E-state index contributed by atoms with van der Waals surface area (Å²) >= 11 is 5.85. The molecular formula is C14H15ClN2O5. The number of nitrogens with one attached hydrogen (secondary N) is 1. The van der Waals surface area contributed by atoms with Crippen molar-refractivity contribution in [1.82, 2.24) is 10.2 Å². The van der Waals surface area contributed by atoms with Crippen molar-refractivity contribution in [1.29, 1.82) is 0 Å². The van der Waals surface area contributed by atoms with Gasteiger partial charge in [-0.2, -0.15) is 0 Å². The largest absolute Gasteiger partial charge is 0.496 e. The van der Waals surface area contributed by atoms with Crippen LogP contribution in [0.15, 0.2) is 18.2 Å². The van der Waals surface area contributed by atoms with Crippen LogP contribution in [0.5, 0.6) is 5.75 Å². The fraction of sp³-hybridized carbons (Fsp3) is 0.357. The third-order valence-corrected chi connectivity index (χ3v) is 3.37. The number of rotatable bonds is 4. The van der Waals surface area contributed by atoms with Gasteiger partial charge in [-0.1, -0.05) is 11.6 Å². The number of halogens is 1. The van der Waals surface area contributed by atoms with Crippen LogP contribution < -0.4 is 10.1 Å². The molecule has 1 aromatic carbocycles. The maximum atomic E-state index is 12.2. The minimum absolute atomic E-state index is 0.112. The second-order valence-corrected chi connectivity index (χ2v) is 5.05. The summed E-state index contributed by atoms with van der Waals surface area (Å²) in [6.07, 6.45) is -1.10. The second kappa shape index (κ2) is 6.65. The Balaban J connectivity index is 2.09. The van der Waals surface area contributed by atoms with Crippen molar-refractivity contribution < 1.29 is 23.9 Å². The molecule has 1 aromatic rings. The number of methoxy groups -OCH3 is 1. The Morgan fingerprint density at radius 2 is 2.14 bits per heavy atom. The minimum atomic E-state index is -1.10. The van der Waals surface area contributed by atoms with Crippen LogP contribution in [0, 0.1) is 0 Å². The van der Waals surface area contributed by atoms with Gasteiger partial charge in [-0.3, -0.25) is 9.69 Å². The molecule has 1 atom stereocenters. The molecule has 1 aliphatic heterocycles. The van der Waals surface area contributed by atoms with E-state index in [4.69, 9.17) is 21.1 Å². The Labute approximate surface area is 132 Å². The molecule has 3 amide bonds. The monoisotopic (exact) mass is 326 g/mol. The highest BCUT2D eigenvalue weighted by Crippen LogP contribution is 2.24. The van der Waals surface area contributed by atoms with E-state index >= 15 is 0 Å². The van der Waals surface area contributed by atoms with Gasteiger partial charge in [0.05, 0.1) is 7.11 Å². The second-order valence-electron chi connectivity index (χ2n) is 4.61. The average molecular weight is 327 g/mol. The highest BCUT2D eigenvalue weighted by atomic mass is 35.5. The number of nitrogens with zero attached hydrogens (tertiary/aromatic N) is 1. The first-order valence-electron chi connectivity index (χ1n) is 6.57. The van der Waals surface area contributed by atoms with Crippen molar-refractivity contribution in [2.75, 3.05) is 20.2 Å². The first-order valence-corrected chi connectivity index (χ1v) is 6.95. The predicted molar refractivity (Wildman–Crippen MR) is 78.0 cm³/mol. The van der Waals surface area contributed by atoms with Crippen LogP contribution >= 0.6 is 11.6 Å². The van der Waals surface area contributed by atoms with Gasteiger partial charge in [0.15, 0.2) is 6.10 Å². The number of ether oxygens (including phenoxy) is 2. The van der Waals surface area contributed by atoms with E-state index in [1.54, 1.807) is 6.07 Å². The summed E-state index contributed by atoms with van der Waals surface area (Å²) in [4.78, 5) is 36.7. The molecule has 1 heterocycles. The van der Waals surface area contributed by atoms with Crippen molar-refractivity contribution in [2.24, 2.45) is 0 Å². The van der Waals surface area contributed by atoms with E-state index in [0.29, 0.717) is 11.6 Å². The van der Waals surface area contributed by atoms with E-state index in [0.717, 1.165) is 4.90 Å². The maximum absolute atomic E-state index is 12.2. The smallest absolute Gasteiger partial charge is 0.342 e. The molecule has 1 aliphatic rings. The fourth-order valence-corrected chi connectivity index (χ4v) is 2.19. The zero-order valence-corrected chi connectivity index (χ0v) is 12.8. The van der Waals surface area contributed by atoms with Crippen LogP contribution in [0.4, 0.5) is 4.79 Å². The summed E-state index contributed by atoms with van der Waals surface area (Å²) < 4.78 is 10.2. The number of imide groups is 1. The van der Waals surface area contributed by atoms with Crippen molar-refractivity contribution >= 4 is 29.5 Å². The van der Waals surface area contributed by atoms with Gasteiger partial charge in [-0.15, -0.1) is 0 Å². The SMILES string of the molecule is COc1ccc(Cl)cc1C(=O)O[C@@H](C)C(=O)N1CCNC1=O. The van der Waals surface area contributed by atoms with E-state index in [1.807, 2.05) is 0 Å². The standard InChI is InChI=1S/C14H15ClN2O5/c1-8(12(18)17-6-5-16-14(17)20)22-13(19)10-7-9(15)3-4-11(10)21-2/h3-4,7-8H,5-6H2,1-2H3,(H,16,20)/t8-/m0/s1. The van der Waals surface area contributed by atoms with Crippen molar-refractivity contribution in [3.8, 4) is 5.75 Å². The highest BCUT2D eigenvalue weighted by molar-refractivity contribution is 6.31. The summed E-state index contributed by atoms with van der Waals surface area (Å²) in [7, 11) is 1.41. The molecular weight excluding hydrogens is 312 g/mol. The molecule has 1 saturated heterocycles. The Kier molecular flexibility index (Phi) is 4.87. The van der Waals surface area contributed by atoms with Crippen molar-refractivity contribution in [3.05, 3.63) is 28.8 Å². The molecule has 22 heavy (non-hydrogen) atoms. The number of carbonyl (C=O) groups excluding carboxylic acids is 3. The lowest BCUT2D eigenvalue weighted by molar-refractivity contribution is -0.136. The number of esters is 1. The van der Waals surface area contributed by atoms with Gasteiger partial charge in [-0.25, -0.2) is 9.59 Å². The van der Waals surface area contributed by atoms with Gasteiger partial charge in [0.2, 0.25) is 0 Å². The molecule has 8 heteroatoms. The summed E-state index contributed by atoms with van der Waals surface area (Å²) in [5.74, 6) is -1.04. The molecule has 2 rings (SSSR count). The van der Waals surface area contributed by atoms with Gasteiger partial charge in [0, 0.05) is 18.1 Å². The molecule has 0 saturated carbocycles. The Morgan fingerprint density at radius 1 is 1.41 bits per heavy atom. The molecule has 0 radical (unpaired) electrons. The normalized spacial score (nSPS) is 15.2. The third kappa shape index (κ3) is 3.30. The van der Waals surface area contributed by atoms with Crippen LogP contribution in [0.2, 0.25) is 5.02 Å². The summed E-state index contributed by atoms with van der Waals surface area (Å²) in [5, 5.41) is 2.84. The zero-order valence-electron chi connectivity index (χ0n) is 12.1. The minimum Gasteiger partial charge on any atom is -0.496 e. The van der Waals surface area contributed by atoms with Crippen LogP contribution in [0.3, 0.4) is 0 Å². The highest BCUT2D eigenvalue weighted by Gasteiger charge is 2.32. The van der Waals surface area contributed by atoms with Crippen molar-refractivity contribution in [3.63, 3.8) is 0 Å². The number of carbonyl (C=O) groups is 3. The van der Waals surface area contributed by atoms with Gasteiger partial charge in [0.25, 0.3) is 5.91 Å². The molecule has 7 nitrogen and oxygen atoms in total. The van der Waals surface area contributed by atoms with Crippen LogP contribution in [0.1, 0.15) is 17.3 Å². The number of hydrogen-bond acceptors (Lipinski definition) is 5.